The number of hydrogen-bond donors (Lipinski definition) is 0. The van der Waals surface area contributed by atoms with Crippen LogP contribution in [0.15, 0.2) is 30.3 Å². The minimum atomic E-state index is 0.297. The third-order valence-corrected chi connectivity index (χ3v) is 3.27. The molecule has 0 aliphatic heterocycles. The van der Waals surface area contributed by atoms with E-state index in [1.807, 2.05) is 17.8 Å². The van der Waals surface area contributed by atoms with E-state index in [2.05, 4.69) is 24.3 Å². The van der Waals surface area contributed by atoms with Crippen LogP contribution in [0.5, 0.6) is 0 Å². The molecule has 15 heavy (non-hydrogen) atoms. The molecule has 0 spiro atoms. The van der Waals surface area contributed by atoms with Crippen molar-refractivity contribution < 1.29 is 4.79 Å². The average molecular weight is 222 g/mol. The highest BCUT2D eigenvalue weighted by atomic mass is 32.2. The lowest BCUT2D eigenvalue weighted by atomic mass is 10.1. The van der Waals surface area contributed by atoms with Gasteiger partial charge in [0, 0.05) is 12.2 Å². The molecule has 1 aromatic carbocycles. The van der Waals surface area contributed by atoms with Crippen molar-refractivity contribution in [2.24, 2.45) is 0 Å². The number of hydrogen-bond acceptors (Lipinski definition) is 2. The average Bonchev–Trinajstić information content (AvgIpc) is 2.24. The number of carbonyl (C=O) groups is 1. The first-order valence-corrected chi connectivity index (χ1v) is 6.55. The Labute approximate surface area is 96.3 Å². The SMILES string of the molecule is CC(=O)CCSCCCc1ccccc1. The zero-order chi connectivity index (χ0) is 10.9. The first-order chi connectivity index (χ1) is 7.29. The fourth-order valence-corrected chi connectivity index (χ4v) is 2.33. The molecule has 0 aliphatic rings. The fraction of sp³-hybridized carbons (Fsp3) is 0.462. The van der Waals surface area contributed by atoms with Gasteiger partial charge in [0.2, 0.25) is 0 Å². The molecule has 0 N–H and O–H groups in total. The van der Waals surface area contributed by atoms with Gasteiger partial charge in [0.05, 0.1) is 0 Å². The quantitative estimate of drug-likeness (QED) is 0.658. The first-order valence-electron chi connectivity index (χ1n) is 5.40. The van der Waals surface area contributed by atoms with Crippen molar-refractivity contribution in [1.82, 2.24) is 0 Å². The molecule has 0 amide bonds. The van der Waals surface area contributed by atoms with Crippen LogP contribution in [0.1, 0.15) is 25.3 Å². The largest absolute Gasteiger partial charge is 0.300 e. The van der Waals surface area contributed by atoms with E-state index in [1.165, 1.54) is 12.0 Å². The standard InChI is InChI=1S/C13H18OS/c1-12(14)9-11-15-10-5-8-13-6-3-2-4-7-13/h2-4,6-7H,5,8-11H2,1H3. The van der Waals surface area contributed by atoms with E-state index in [-0.39, 0.29) is 0 Å². The van der Waals surface area contributed by atoms with Gasteiger partial charge in [-0.2, -0.15) is 11.8 Å². The van der Waals surface area contributed by atoms with Crippen LogP contribution >= 0.6 is 11.8 Å². The molecule has 82 valence electrons. The molecule has 1 nitrogen and oxygen atoms in total. The predicted octanol–water partition coefficient (Wildman–Crippen LogP) is 3.33. The summed E-state index contributed by atoms with van der Waals surface area (Å²) in [4.78, 5) is 10.7. The Morgan fingerprint density at radius 3 is 2.60 bits per heavy atom. The molecule has 0 fully saturated rings. The monoisotopic (exact) mass is 222 g/mol. The van der Waals surface area contributed by atoms with E-state index in [1.54, 1.807) is 6.92 Å². The van der Waals surface area contributed by atoms with Gasteiger partial charge in [-0.25, -0.2) is 0 Å². The van der Waals surface area contributed by atoms with Gasteiger partial charge in [0.25, 0.3) is 0 Å². The van der Waals surface area contributed by atoms with Crippen molar-refractivity contribution in [2.75, 3.05) is 11.5 Å². The van der Waals surface area contributed by atoms with Crippen molar-refractivity contribution in [3.63, 3.8) is 0 Å². The van der Waals surface area contributed by atoms with Crippen LogP contribution in [0.25, 0.3) is 0 Å². The lowest BCUT2D eigenvalue weighted by molar-refractivity contribution is -0.116. The van der Waals surface area contributed by atoms with Crippen LogP contribution < -0.4 is 0 Å². The second-order valence-electron chi connectivity index (χ2n) is 3.65. The Morgan fingerprint density at radius 1 is 1.20 bits per heavy atom. The van der Waals surface area contributed by atoms with Crippen molar-refractivity contribution in [3.8, 4) is 0 Å². The van der Waals surface area contributed by atoms with Gasteiger partial charge in [-0.1, -0.05) is 30.3 Å². The van der Waals surface area contributed by atoms with E-state index in [0.29, 0.717) is 5.78 Å². The Morgan fingerprint density at radius 2 is 1.93 bits per heavy atom. The number of rotatable bonds is 7. The summed E-state index contributed by atoms with van der Waals surface area (Å²) in [5.74, 6) is 2.43. The van der Waals surface area contributed by atoms with Crippen LogP contribution in [0, 0.1) is 0 Å². The summed E-state index contributed by atoms with van der Waals surface area (Å²) in [7, 11) is 0. The van der Waals surface area contributed by atoms with Crippen molar-refractivity contribution >= 4 is 17.5 Å². The van der Waals surface area contributed by atoms with Crippen LogP contribution in [-0.4, -0.2) is 17.3 Å². The summed E-state index contributed by atoms with van der Waals surface area (Å²) in [6, 6.07) is 10.5. The predicted molar refractivity (Wildman–Crippen MR) is 67.4 cm³/mol. The summed E-state index contributed by atoms with van der Waals surface area (Å²) in [6.07, 6.45) is 3.07. The topological polar surface area (TPSA) is 17.1 Å². The van der Waals surface area contributed by atoms with Crippen LogP contribution in [0.2, 0.25) is 0 Å². The van der Waals surface area contributed by atoms with Gasteiger partial charge in [0.15, 0.2) is 0 Å². The molecular formula is C13H18OS. The fourth-order valence-electron chi connectivity index (χ4n) is 1.34. The Balaban J connectivity index is 2.00. The molecule has 0 unspecified atom stereocenters. The number of carbonyl (C=O) groups excluding carboxylic acids is 1. The highest BCUT2D eigenvalue weighted by Crippen LogP contribution is 2.09. The van der Waals surface area contributed by atoms with E-state index in [4.69, 9.17) is 0 Å². The molecule has 0 saturated carbocycles. The lowest BCUT2D eigenvalue weighted by Crippen LogP contribution is -1.93. The maximum absolute atomic E-state index is 10.7. The van der Waals surface area contributed by atoms with E-state index >= 15 is 0 Å². The third-order valence-electron chi connectivity index (χ3n) is 2.20. The van der Waals surface area contributed by atoms with Gasteiger partial charge in [-0.15, -0.1) is 0 Å². The van der Waals surface area contributed by atoms with Gasteiger partial charge in [-0.05, 0) is 31.1 Å². The molecule has 0 radical (unpaired) electrons. The summed E-state index contributed by atoms with van der Waals surface area (Å²) in [5, 5.41) is 0. The zero-order valence-electron chi connectivity index (χ0n) is 9.24. The minimum Gasteiger partial charge on any atom is -0.300 e. The van der Waals surface area contributed by atoms with E-state index < -0.39 is 0 Å². The molecule has 1 rings (SSSR count). The molecule has 0 saturated heterocycles. The molecule has 0 aromatic heterocycles. The van der Waals surface area contributed by atoms with E-state index in [9.17, 15) is 4.79 Å². The highest BCUT2D eigenvalue weighted by molar-refractivity contribution is 7.99. The summed E-state index contributed by atoms with van der Waals surface area (Å²) in [6.45, 7) is 1.66. The summed E-state index contributed by atoms with van der Waals surface area (Å²) in [5.41, 5.74) is 1.41. The summed E-state index contributed by atoms with van der Waals surface area (Å²) >= 11 is 1.88. The van der Waals surface area contributed by atoms with E-state index in [0.717, 1.165) is 24.3 Å². The smallest absolute Gasteiger partial charge is 0.130 e. The third kappa shape index (κ3) is 6.34. The molecule has 0 atom stereocenters. The minimum absolute atomic E-state index is 0.297. The van der Waals surface area contributed by atoms with Gasteiger partial charge in [0.1, 0.15) is 5.78 Å². The second kappa shape index (κ2) is 7.52. The number of aryl methyl sites for hydroxylation is 1. The molecule has 0 aliphatic carbocycles. The van der Waals surface area contributed by atoms with Crippen LogP contribution in [-0.2, 0) is 11.2 Å². The second-order valence-corrected chi connectivity index (χ2v) is 4.88. The molecule has 0 heterocycles. The van der Waals surface area contributed by atoms with Crippen molar-refractivity contribution in [2.45, 2.75) is 26.2 Å². The van der Waals surface area contributed by atoms with Gasteiger partial charge < -0.3 is 0 Å². The molecule has 2 heteroatoms. The normalized spacial score (nSPS) is 10.2. The number of Topliss-reactive ketones (excluding diaryl/α,β-unsaturated/α-hetero) is 1. The zero-order valence-corrected chi connectivity index (χ0v) is 10.1. The molecular weight excluding hydrogens is 204 g/mol. The number of thioether (sulfide) groups is 1. The molecule has 1 aromatic rings. The van der Waals surface area contributed by atoms with Gasteiger partial charge in [-0.3, -0.25) is 4.79 Å². The summed E-state index contributed by atoms with van der Waals surface area (Å²) < 4.78 is 0. The van der Waals surface area contributed by atoms with Crippen molar-refractivity contribution in [3.05, 3.63) is 35.9 Å². The lowest BCUT2D eigenvalue weighted by Gasteiger charge is -2.01. The van der Waals surface area contributed by atoms with Crippen LogP contribution in [0.4, 0.5) is 0 Å². The maximum atomic E-state index is 10.7. The Hall–Kier alpha value is -0.760. The Bertz CT molecular complexity index is 282. The first kappa shape index (κ1) is 12.3. The van der Waals surface area contributed by atoms with Gasteiger partial charge >= 0.3 is 0 Å². The number of ketones is 1. The number of benzene rings is 1. The maximum Gasteiger partial charge on any atom is 0.130 e. The highest BCUT2D eigenvalue weighted by Gasteiger charge is 1.95. The van der Waals surface area contributed by atoms with Crippen LogP contribution in [0.3, 0.4) is 0 Å². The Kier molecular flexibility index (Phi) is 6.17. The van der Waals surface area contributed by atoms with Crippen molar-refractivity contribution in [1.29, 1.82) is 0 Å². The molecule has 0 bridgehead atoms.